The van der Waals surface area contributed by atoms with E-state index in [-0.39, 0.29) is 0 Å². The standard InChI is InChI=1S/C14H13Cl2N3S/c1-7-12(17)18-13(8-2-3-8)19-14(7)20-11-6-9(15)4-5-10(11)16/h4-6,8H,2-3H2,1H3,(H2,17,18,19). The van der Waals surface area contributed by atoms with E-state index in [9.17, 15) is 0 Å². The molecule has 3 nitrogen and oxygen atoms in total. The molecule has 0 spiro atoms. The van der Waals surface area contributed by atoms with E-state index in [0.29, 0.717) is 21.8 Å². The summed E-state index contributed by atoms with van der Waals surface area (Å²) in [6.07, 6.45) is 2.29. The Hall–Kier alpha value is -0.970. The normalized spacial score (nSPS) is 14.6. The predicted molar refractivity (Wildman–Crippen MR) is 83.7 cm³/mol. The third-order valence-electron chi connectivity index (χ3n) is 3.20. The molecular formula is C14H13Cl2N3S. The van der Waals surface area contributed by atoms with Crippen LogP contribution in [0.1, 0.15) is 30.1 Å². The summed E-state index contributed by atoms with van der Waals surface area (Å²) in [4.78, 5) is 9.88. The molecule has 2 aromatic rings. The number of nitrogens with zero attached hydrogens (tertiary/aromatic N) is 2. The number of halogens is 2. The summed E-state index contributed by atoms with van der Waals surface area (Å²) in [6, 6.07) is 5.39. The first-order chi connectivity index (χ1) is 9.54. The number of rotatable bonds is 3. The molecule has 104 valence electrons. The first-order valence-electron chi connectivity index (χ1n) is 6.31. The fourth-order valence-electron chi connectivity index (χ4n) is 1.81. The Morgan fingerprint density at radius 3 is 2.70 bits per heavy atom. The molecule has 6 heteroatoms. The Morgan fingerprint density at radius 1 is 1.25 bits per heavy atom. The molecule has 1 aromatic carbocycles. The van der Waals surface area contributed by atoms with E-state index in [4.69, 9.17) is 28.9 Å². The molecule has 0 unspecified atom stereocenters. The number of benzene rings is 1. The van der Waals surface area contributed by atoms with E-state index in [1.54, 1.807) is 12.1 Å². The van der Waals surface area contributed by atoms with Crippen LogP contribution in [0, 0.1) is 6.92 Å². The number of anilines is 1. The van der Waals surface area contributed by atoms with Crippen molar-refractivity contribution in [1.29, 1.82) is 0 Å². The van der Waals surface area contributed by atoms with E-state index in [1.807, 2.05) is 13.0 Å². The van der Waals surface area contributed by atoms with Gasteiger partial charge in [0.1, 0.15) is 16.7 Å². The van der Waals surface area contributed by atoms with Crippen molar-refractivity contribution in [1.82, 2.24) is 9.97 Å². The minimum atomic E-state index is 0.465. The molecular weight excluding hydrogens is 313 g/mol. The minimum absolute atomic E-state index is 0.465. The van der Waals surface area contributed by atoms with Crippen LogP contribution in [0.25, 0.3) is 0 Å². The van der Waals surface area contributed by atoms with Crippen LogP contribution < -0.4 is 5.73 Å². The second-order valence-corrected chi connectivity index (χ2v) is 6.72. The van der Waals surface area contributed by atoms with Gasteiger partial charge in [-0.15, -0.1) is 0 Å². The summed E-state index contributed by atoms with van der Waals surface area (Å²) in [5, 5.41) is 2.16. The minimum Gasteiger partial charge on any atom is -0.383 e. The molecule has 0 atom stereocenters. The molecule has 0 amide bonds. The van der Waals surface area contributed by atoms with Crippen molar-refractivity contribution in [2.24, 2.45) is 0 Å². The monoisotopic (exact) mass is 325 g/mol. The number of nitrogens with two attached hydrogens (primary N) is 1. The van der Waals surface area contributed by atoms with E-state index in [0.717, 1.165) is 34.2 Å². The van der Waals surface area contributed by atoms with Gasteiger partial charge in [-0.1, -0.05) is 35.0 Å². The van der Waals surface area contributed by atoms with Gasteiger partial charge < -0.3 is 5.73 Å². The van der Waals surface area contributed by atoms with Gasteiger partial charge in [-0.3, -0.25) is 0 Å². The van der Waals surface area contributed by atoms with Crippen LogP contribution >= 0.6 is 35.0 Å². The molecule has 1 aromatic heterocycles. The summed E-state index contributed by atoms with van der Waals surface area (Å²) < 4.78 is 0. The van der Waals surface area contributed by atoms with Crippen LogP contribution in [-0.2, 0) is 0 Å². The molecule has 0 saturated heterocycles. The molecule has 0 aliphatic heterocycles. The van der Waals surface area contributed by atoms with Crippen molar-refractivity contribution in [2.75, 3.05) is 5.73 Å². The summed E-state index contributed by atoms with van der Waals surface area (Å²) in [7, 11) is 0. The van der Waals surface area contributed by atoms with Crippen LogP contribution in [-0.4, -0.2) is 9.97 Å². The molecule has 1 aliphatic carbocycles. The topological polar surface area (TPSA) is 51.8 Å². The van der Waals surface area contributed by atoms with Crippen molar-refractivity contribution >= 4 is 40.8 Å². The molecule has 2 N–H and O–H groups in total. The summed E-state index contributed by atoms with van der Waals surface area (Å²) in [5.41, 5.74) is 6.87. The highest BCUT2D eigenvalue weighted by Crippen LogP contribution is 2.41. The highest BCUT2D eigenvalue weighted by molar-refractivity contribution is 7.99. The highest BCUT2D eigenvalue weighted by atomic mass is 35.5. The van der Waals surface area contributed by atoms with Gasteiger partial charge in [-0.05, 0) is 38.0 Å². The summed E-state index contributed by atoms with van der Waals surface area (Å²) in [6.45, 7) is 1.92. The van der Waals surface area contributed by atoms with Crippen molar-refractivity contribution < 1.29 is 0 Å². The highest BCUT2D eigenvalue weighted by Gasteiger charge is 2.28. The van der Waals surface area contributed by atoms with Gasteiger partial charge >= 0.3 is 0 Å². The lowest BCUT2D eigenvalue weighted by Gasteiger charge is -2.10. The average molecular weight is 326 g/mol. The quantitative estimate of drug-likeness (QED) is 0.831. The Balaban J connectivity index is 1.99. The van der Waals surface area contributed by atoms with E-state index < -0.39 is 0 Å². The lowest BCUT2D eigenvalue weighted by Crippen LogP contribution is -2.03. The van der Waals surface area contributed by atoms with Gasteiger partial charge in [0.05, 0.1) is 5.02 Å². The van der Waals surface area contributed by atoms with E-state index >= 15 is 0 Å². The van der Waals surface area contributed by atoms with Gasteiger partial charge in [-0.25, -0.2) is 9.97 Å². The maximum atomic E-state index is 6.20. The third-order valence-corrected chi connectivity index (χ3v) is 5.02. The Bertz CT molecular complexity index is 672. The van der Waals surface area contributed by atoms with Gasteiger partial charge in [0.15, 0.2) is 0 Å². The zero-order valence-electron chi connectivity index (χ0n) is 10.9. The smallest absolute Gasteiger partial charge is 0.135 e. The zero-order chi connectivity index (χ0) is 14.3. The molecule has 20 heavy (non-hydrogen) atoms. The van der Waals surface area contributed by atoms with Crippen molar-refractivity contribution in [2.45, 2.75) is 35.6 Å². The molecule has 1 heterocycles. The maximum absolute atomic E-state index is 6.20. The lowest BCUT2D eigenvalue weighted by molar-refractivity contribution is 0.868. The Morgan fingerprint density at radius 2 is 2.00 bits per heavy atom. The molecule has 1 fully saturated rings. The molecule has 0 radical (unpaired) electrons. The van der Waals surface area contributed by atoms with Gasteiger partial charge in [-0.2, -0.15) is 0 Å². The molecule has 1 saturated carbocycles. The summed E-state index contributed by atoms with van der Waals surface area (Å²) in [5.74, 6) is 1.85. The maximum Gasteiger partial charge on any atom is 0.135 e. The number of aromatic nitrogens is 2. The van der Waals surface area contributed by atoms with Gasteiger partial charge in [0, 0.05) is 21.4 Å². The number of hydrogen-bond acceptors (Lipinski definition) is 4. The zero-order valence-corrected chi connectivity index (χ0v) is 13.2. The Kier molecular flexibility index (Phi) is 3.80. The van der Waals surface area contributed by atoms with Crippen LogP contribution in [0.4, 0.5) is 5.82 Å². The van der Waals surface area contributed by atoms with E-state index in [1.165, 1.54) is 11.8 Å². The first-order valence-corrected chi connectivity index (χ1v) is 7.88. The van der Waals surface area contributed by atoms with Crippen LogP contribution in [0.3, 0.4) is 0 Å². The second kappa shape index (κ2) is 5.43. The number of nitrogen functional groups attached to an aromatic ring is 1. The third kappa shape index (κ3) is 2.87. The van der Waals surface area contributed by atoms with Gasteiger partial charge in [0.2, 0.25) is 0 Å². The SMILES string of the molecule is Cc1c(N)nc(C2CC2)nc1Sc1cc(Cl)ccc1Cl. The largest absolute Gasteiger partial charge is 0.383 e. The lowest BCUT2D eigenvalue weighted by atomic mass is 10.3. The molecule has 3 rings (SSSR count). The van der Waals surface area contributed by atoms with Gasteiger partial charge in [0.25, 0.3) is 0 Å². The second-order valence-electron chi connectivity index (χ2n) is 4.85. The fraction of sp³-hybridized carbons (Fsp3) is 0.286. The van der Waals surface area contributed by atoms with Crippen LogP contribution in [0.5, 0.6) is 0 Å². The Labute approximate surface area is 131 Å². The number of hydrogen-bond donors (Lipinski definition) is 1. The average Bonchev–Trinajstić information content (AvgIpc) is 3.23. The fourth-order valence-corrected chi connectivity index (χ4v) is 3.24. The molecule has 0 bridgehead atoms. The van der Waals surface area contributed by atoms with Crippen LogP contribution in [0.15, 0.2) is 28.1 Å². The van der Waals surface area contributed by atoms with Crippen LogP contribution in [0.2, 0.25) is 10.0 Å². The van der Waals surface area contributed by atoms with E-state index in [2.05, 4.69) is 9.97 Å². The first kappa shape index (κ1) is 14.0. The van der Waals surface area contributed by atoms with Crippen molar-refractivity contribution in [3.8, 4) is 0 Å². The summed E-state index contributed by atoms with van der Waals surface area (Å²) >= 11 is 13.7. The predicted octanol–water partition coefficient (Wildman–Crippen LogP) is 4.70. The molecule has 1 aliphatic rings. The van der Waals surface area contributed by atoms with Crippen molar-refractivity contribution in [3.05, 3.63) is 39.6 Å². The van der Waals surface area contributed by atoms with Crippen molar-refractivity contribution in [3.63, 3.8) is 0 Å².